The summed E-state index contributed by atoms with van der Waals surface area (Å²) in [5.74, 6) is 5.45. The van der Waals surface area contributed by atoms with Gasteiger partial charge in [0, 0.05) is 46.3 Å². The Balaban J connectivity index is 1.35. The Morgan fingerprint density at radius 3 is 1.00 bits per heavy atom. The first kappa shape index (κ1) is 20.9. The van der Waals surface area contributed by atoms with E-state index < -0.39 is 15.8 Å². The van der Waals surface area contributed by atoms with Gasteiger partial charge in [0.15, 0.2) is 0 Å². The van der Waals surface area contributed by atoms with Crippen LogP contribution in [0.3, 0.4) is 0 Å². The molecule has 0 spiro atoms. The van der Waals surface area contributed by atoms with Gasteiger partial charge in [0.05, 0.1) is 0 Å². The molecular weight excluding hydrogens is 422 g/mol. The third-order valence-electron chi connectivity index (χ3n) is 6.51. The SMILES string of the molecule is [CH]1[CH][C]2C=C[C]3[CH][CH][CH][C]3P(c3ccccc3P3[C]4[CH][CH][CH][C]4C=C[C]4[CH][CH][CH][C]43)[C]2[CH]1. The number of hydrogen-bond acceptors (Lipinski definition) is 0. The van der Waals surface area contributed by atoms with Crippen LogP contribution in [0.5, 0.6) is 0 Å². The number of allylic oxidation sites excluding steroid dienone is 4. The second-order valence-electron chi connectivity index (χ2n) is 8.29. The minimum Gasteiger partial charge on any atom is -0.0795 e. The molecular formula is C30H20P2. The molecule has 0 atom stereocenters. The zero-order chi connectivity index (χ0) is 21.1. The van der Waals surface area contributed by atoms with E-state index in [2.05, 4.69) is 126 Å². The summed E-state index contributed by atoms with van der Waals surface area (Å²) in [5, 5.41) is 3.00. The molecule has 20 radical (unpaired) electrons. The van der Waals surface area contributed by atoms with Gasteiger partial charge in [0.25, 0.3) is 0 Å². The number of rotatable bonds is 2. The lowest BCUT2D eigenvalue weighted by Gasteiger charge is -2.38. The van der Waals surface area contributed by atoms with Crippen LogP contribution in [0.25, 0.3) is 0 Å². The quantitative estimate of drug-likeness (QED) is 0.495. The summed E-state index contributed by atoms with van der Waals surface area (Å²) < 4.78 is 0. The lowest BCUT2D eigenvalue weighted by atomic mass is 10.0. The number of hydrogen-bond donors (Lipinski definition) is 0. The molecule has 0 N–H and O–H groups in total. The minimum atomic E-state index is -0.622. The highest BCUT2D eigenvalue weighted by molar-refractivity contribution is 7.78. The first-order valence-corrected chi connectivity index (χ1v) is 13.6. The molecule has 4 saturated carbocycles. The van der Waals surface area contributed by atoms with E-state index in [4.69, 9.17) is 0 Å². The first-order valence-electron chi connectivity index (χ1n) is 11.0. The molecule has 32 heavy (non-hydrogen) atoms. The average molecular weight is 442 g/mol. The lowest BCUT2D eigenvalue weighted by Crippen LogP contribution is -2.29. The molecule has 2 heterocycles. The third kappa shape index (κ3) is 3.37. The molecule has 2 heteroatoms. The molecule has 0 aromatic heterocycles. The van der Waals surface area contributed by atoms with Crippen molar-refractivity contribution >= 4 is 26.5 Å². The van der Waals surface area contributed by atoms with Crippen molar-refractivity contribution in [3.05, 3.63) is 172 Å². The zero-order valence-corrected chi connectivity index (χ0v) is 19.2. The van der Waals surface area contributed by atoms with Crippen LogP contribution in [0.2, 0.25) is 0 Å². The minimum absolute atomic E-state index is 0.622. The van der Waals surface area contributed by atoms with Crippen molar-refractivity contribution in [1.82, 2.24) is 0 Å². The second kappa shape index (κ2) is 8.65. The third-order valence-corrected chi connectivity index (χ3v) is 12.0. The van der Waals surface area contributed by atoms with E-state index in [9.17, 15) is 0 Å². The van der Waals surface area contributed by atoms with E-state index >= 15 is 0 Å². The highest BCUT2D eigenvalue weighted by atomic mass is 31.1. The van der Waals surface area contributed by atoms with Crippen LogP contribution in [0.1, 0.15) is 0 Å². The van der Waals surface area contributed by atoms with Crippen LogP contribution >= 0.6 is 15.8 Å². The lowest BCUT2D eigenvalue weighted by molar-refractivity contribution is 1.31. The van der Waals surface area contributed by atoms with Crippen molar-refractivity contribution in [3.8, 4) is 0 Å². The molecule has 1 aromatic carbocycles. The van der Waals surface area contributed by atoms with E-state index in [1.165, 1.54) is 56.9 Å². The van der Waals surface area contributed by atoms with E-state index in [1.54, 1.807) is 0 Å². The summed E-state index contributed by atoms with van der Waals surface area (Å²) in [6.45, 7) is 0. The van der Waals surface area contributed by atoms with Crippen LogP contribution in [-0.2, 0) is 0 Å². The summed E-state index contributed by atoms with van der Waals surface area (Å²) in [6, 6.07) is 9.25. The molecule has 0 unspecified atom stereocenters. The predicted molar refractivity (Wildman–Crippen MR) is 135 cm³/mol. The van der Waals surface area contributed by atoms with Crippen LogP contribution in [0, 0.1) is 123 Å². The molecule has 6 aliphatic rings. The number of fused-ring (bicyclic) bond motifs is 4. The molecule has 150 valence electrons. The molecule has 4 aliphatic carbocycles. The van der Waals surface area contributed by atoms with Crippen LogP contribution in [-0.4, -0.2) is 0 Å². The summed E-state index contributed by atoms with van der Waals surface area (Å²) in [4.78, 5) is 0. The predicted octanol–water partition coefficient (Wildman–Crippen LogP) is 5.97. The largest absolute Gasteiger partial charge is 0.0795 e. The molecule has 2 aliphatic heterocycles. The molecule has 0 nitrogen and oxygen atoms in total. The van der Waals surface area contributed by atoms with Gasteiger partial charge in [0.2, 0.25) is 0 Å². The molecule has 1 aromatic rings. The summed E-state index contributed by atoms with van der Waals surface area (Å²) in [6.07, 6.45) is 36.5. The molecule has 0 amide bonds. The van der Waals surface area contributed by atoms with Crippen molar-refractivity contribution in [2.24, 2.45) is 0 Å². The van der Waals surface area contributed by atoms with Crippen molar-refractivity contribution < 1.29 is 0 Å². The first-order chi connectivity index (χ1) is 15.9. The molecule has 7 rings (SSSR count). The van der Waals surface area contributed by atoms with Crippen molar-refractivity contribution in [2.45, 2.75) is 0 Å². The van der Waals surface area contributed by atoms with Gasteiger partial charge >= 0.3 is 0 Å². The summed E-state index contributed by atoms with van der Waals surface area (Å²) >= 11 is 0. The Labute approximate surface area is 198 Å². The highest BCUT2D eigenvalue weighted by Crippen LogP contribution is 2.73. The monoisotopic (exact) mass is 442 g/mol. The van der Waals surface area contributed by atoms with Gasteiger partial charge < -0.3 is 0 Å². The molecule has 4 fully saturated rings. The van der Waals surface area contributed by atoms with Crippen LogP contribution in [0.4, 0.5) is 0 Å². The summed E-state index contributed by atoms with van der Waals surface area (Å²) in [7, 11) is -1.24. The Morgan fingerprint density at radius 1 is 0.375 bits per heavy atom. The normalized spacial score (nSPS) is 30.0. The summed E-state index contributed by atoms with van der Waals surface area (Å²) in [5.41, 5.74) is 5.90. The van der Waals surface area contributed by atoms with Gasteiger partial charge in [-0.1, -0.05) is 64.4 Å². The van der Waals surface area contributed by atoms with Crippen LogP contribution in [0.15, 0.2) is 48.6 Å². The van der Waals surface area contributed by atoms with Crippen molar-refractivity contribution in [3.63, 3.8) is 0 Å². The van der Waals surface area contributed by atoms with Crippen molar-refractivity contribution in [2.75, 3.05) is 0 Å². The zero-order valence-electron chi connectivity index (χ0n) is 17.4. The van der Waals surface area contributed by atoms with E-state index in [-0.39, 0.29) is 0 Å². The average Bonchev–Trinajstić information content (AvgIpc) is 3.61. The standard InChI is InChI=1S/C30H20P2/c1-2-12-30(32-27-15-5-9-23(27)19-20-24-10-6-16-28(24)32)29(11-1)31-25-13-3-7-21(25)17-18-22-8-4-14-26(22)31/h1-20H. The maximum Gasteiger partial charge on any atom is 0.0199 e. The molecule has 0 bridgehead atoms. The highest BCUT2D eigenvalue weighted by Gasteiger charge is 2.50. The van der Waals surface area contributed by atoms with Gasteiger partial charge in [-0.3, -0.25) is 0 Å². The van der Waals surface area contributed by atoms with E-state index in [1.807, 2.05) is 0 Å². The van der Waals surface area contributed by atoms with Gasteiger partial charge in [-0.25, -0.2) is 0 Å². The molecule has 0 saturated heterocycles. The Hall–Kier alpha value is -0.440. The van der Waals surface area contributed by atoms with Gasteiger partial charge in [-0.05, 0) is 87.7 Å². The Kier molecular flexibility index (Phi) is 5.65. The van der Waals surface area contributed by atoms with E-state index in [0.29, 0.717) is 0 Å². The smallest absolute Gasteiger partial charge is 0.0199 e. The van der Waals surface area contributed by atoms with Crippen LogP contribution < -0.4 is 10.6 Å². The maximum absolute atomic E-state index is 2.39. The second-order valence-corrected chi connectivity index (χ2v) is 12.5. The number of benzene rings is 1. The fourth-order valence-electron chi connectivity index (χ4n) is 5.06. The van der Waals surface area contributed by atoms with Gasteiger partial charge in [-0.15, -0.1) is 0 Å². The Bertz CT molecular complexity index is 781. The maximum atomic E-state index is 2.39. The van der Waals surface area contributed by atoms with Crippen molar-refractivity contribution in [1.29, 1.82) is 0 Å². The fraction of sp³-hybridized carbons (Fsp3) is 0. The van der Waals surface area contributed by atoms with E-state index in [0.717, 1.165) is 0 Å². The Morgan fingerprint density at radius 2 is 0.688 bits per heavy atom. The fourth-order valence-corrected chi connectivity index (χ4v) is 10.9. The topological polar surface area (TPSA) is 0 Å². The van der Waals surface area contributed by atoms with Gasteiger partial charge in [-0.2, -0.15) is 0 Å². The van der Waals surface area contributed by atoms with Gasteiger partial charge in [0.1, 0.15) is 0 Å².